The van der Waals surface area contributed by atoms with Gasteiger partial charge in [0.1, 0.15) is 19.3 Å². The maximum Gasteiger partial charge on any atom is 0.327 e. The van der Waals surface area contributed by atoms with Crippen molar-refractivity contribution in [2.45, 2.75) is 135 Å². The molecule has 0 heterocycles. The first-order valence-electron chi connectivity index (χ1n) is 14.0. The van der Waals surface area contributed by atoms with Crippen LogP contribution in [-0.2, 0) is 9.09 Å². The Kier molecular flexibility index (Phi) is 29.2. The second-order valence-electron chi connectivity index (χ2n) is 10.7. The molecule has 6 nitrogen and oxygen atoms in total. The molecule has 7 heteroatoms. The molecule has 0 aliphatic carbocycles. The fourth-order valence-corrected chi connectivity index (χ4v) is 3.90. The molecule has 0 fully saturated rings. The molecule has 206 valence electrons. The molecule has 0 spiro atoms. The second kappa shape index (κ2) is 27.5. The lowest BCUT2D eigenvalue weighted by atomic mass is 10.0. The van der Waals surface area contributed by atoms with Crippen LogP contribution >= 0.6 is 8.69 Å². The van der Waals surface area contributed by atoms with Crippen LogP contribution in [0.1, 0.15) is 122 Å². The lowest BCUT2D eigenvalue weighted by Crippen LogP contribution is -2.37. The fraction of sp³-hybridized carbons (Fsp3) is 1.00. The van der Waals surface area contributed by atoms with Crippen molar-refractivity contribution in [3.63, 3.8) is 0 Å². The number of hydrogen-bond acceptors (Lipinski definition) is 5. The van der Waals surface area contributed by atoms with E-state index in [4.69, 9.17) is 5.11 Å². The van der Waals surface area contributed by atoms with Crippen molar-refractivity contribution in [2.24, 2.45) is 0 Å². The molecule has 2 unspecified atom stereocenters. The molecule has 0 aliphatic heterocycles. The Balaban J connectivity index is 0. The molecule has 0 aromatic carbocycles. The molecule has 0 radical (unpaired) electrons. The summed E-state index contributed by atoms with van der Waals surface area (Å²) < 4.78 is 15.2. The highest BCUT2D eigenvalue weighted by Gasteiger charge is 2.13. The average Bonchev–Trinajstić information content (AvgIpc) is 2.80. The van der Waals surface area contributed by atoms with Crippen LogP contribution in [0, 0.1) is 0 Å². The van der Waals surface area contributed by atoms with E-state index in [1.807, 2.05) is 0 Å². The van der Waals surface area contributed by atoms with Gasteiger partial charge in [0.15, 0.2) is 0 Å². The average molecular weight is 509 g/mol. The van der Waals surface area contributed by atoms with Crippen LogP contribution in [0.4, 0.5) is 0 Å². The second-order valence-corrected chi connectivity index (χ2v) is 11.1. The standard InChI is InChI=1S/C22H46O3.C5H13NO2P/c1-2-3-4-5-6-7-8-9-10-11-12-13-14-15-16-17-18-19-21(24)22(25)20-23;1-6(2,3)4-5-8-9-7/h21-25H,2-20H2,1H3;4-5H2,1-3H3/q;+1. The zero-order chi connectivity index (χ0) is 25.9. The van der Waals surface area contributed by atoms with Crippen molar-refractivity contribution >= 4 is 8.69 Å². The predicted octanol–water partition coefficient (Wildman–Crippen LogP) is 6.66. The molecule has 0 amide bonds. The van der Waals surface area contributed by atoms with Crippen molar-refractivity contribution < 1.29 is 28.9 Å². The minimum Gasteiger partial charge on any atom is -0.394 e. The van der Waals surface area contributed by atoms with E-state index in [9.17, 15) is 14.8 Å². The van der Waals surface area contributed by atoms with Crippen LogP contribution in [0.15, 0.2) is 0 Å². The molecule has 0 aromatic rings. The summed E-state index contributed by atoms with van der Waals surface area (Å²) in [6.45, 7) is 3.36. The maximum atomic E-state index is 9.76. The van der Waals surface area contributed by atoms with Crippen LogP contribution < -0.4 is 0 Å². The molecular formula is C27H59NO5P+. The Morgan fingerprint density at radius 1 is 0.676 bits per heavy atom. The van der Waals surface area contributed by atoms with Crippen molar-refractivity contribution in [1.29, 1.82) is 0 Å². The summed E-state index contributed by atoms with van der Waals surface area (Å²) in [4.78, 5) is 0. The van der Waals surface area contributed by atoms with E-state index >= 15 is 0 Å². The van der Waals surface area contributed by atoms with Gasteiger partial charge in [0.2, 0.25) is 0 Å². The summed E-state index contributed by atoms with van der Waals surface area (Å²) in [7, 11) is 5.96. The first-order valence-corrected chi connectivity index (χ1v) is 14.7. The monoisotopic (exact) mass is 508 g/mol. The zero-order valence-electron chi connectivity index (χ0n) is 23.1. The molecule has 0 saturated heterocycles. The number of nitrogens with zero attached hydrogens (tertiary/aromatic N) is 1. The van der Waals surface area contributed by atoms with E-state index in [1.165, 1.54) is 96.3 Å². The number of quaternary nitrogens is 1. The quantitative estimate of drug-likeness (QED) is 0.0771. The van der Waals surface area contributed by atoms with Crippen LogP contribution in [0.5, 0.6) is 0 Å². The van der Waals surface area contributed by atoms with Gasteiger partial charge in [-0.25, -0.2) is 4.57 Å². The molecule has 0 rings (SSSR count). The van der Waals surface area contributed by atoms with Crippen molar-refractivity contribution in [1.82, 2.24) is 0 Å². The number of aliphatic hydroxyl groups excluding tert-OH is 3. The summed E-state index contributed by atoms with van der Waals surface area (Å²) in [6.07, 6.45) is 21.7. The van der Waals surface area contributed by atoms with Crippen molar-refractivity contribution in [3.05, 3.63) is 0 Å². The lowest BCUT2D eigenvalue weighted by molar-refractivity contribution is -0.870. The van der Waals surface area contributed by atoms with E-state index in [0.29, 0.717) is 13.0 Å². The summed E-state index contributed by atoms with van der Waals surface area (Å²) >= 11 is 0. The zero-order valence-corrected chi connectivity index (χ0v) is 24.0. The Labute approximate surface area is 213 Å². The maximum absolute atomic E-state index is 9.76. The minimum atomic E-state index is -0.971. The summed E-state index contributed by atoms with van der Waals surface area (Å²) in [6, 6.07) is 0. The van der Waals surface area contributed by atoms with Crippen LogP contribution in [0.3, 0.4) is 0 Å². The highest BCUT2D eigenvalue weighted by atomic mass is 31.1. The number of likely N-dealkylation sites (N-methyl/N-ethyl adjacent to an activating group) is 1. The third kappa shape index (κ3) is 31.9. The Bertz CT molecular complexity index is 407. The molecule has 0 aliphatic rings. The minimum absolute atomic E-state index is 0.217. The lowest BCUT2D eigenvalue weighted by Gasteiger charge is -2.22. The smallest absolute Gasteiger partial charge is 0.327 e. The molecule has 0 aromatic heterocycles. The summed E-state index contributed by atoms with van der Waals surface area (Å²) in [5.41, 5.74) is 0. The number of unbranched alkanes of at least 4 members (excludes halogenated alkanes) is 16. The first kappa shape index (κ1) is 36.1. The SMILES string of the molecule is CCCCCCCCCCCCCCCCCCCC(O)C(O)CO.C[N+](C)(C)CCOP=O. The van der Waals surface area contributed by atoms with Crippen molar-refractivity contribution in [3.8, 4) is 0 Å². The van der Waals surface area contributed by atoms with Gasteiger partial charge in [-0.15, -0.1) is 0 Å². The van der Waals surface area contributed by atoms with Gasteiger partial charge in [-0.1, -0.05) is 116 Å². The van der Waals surface area contributed by atoms with Gasteiger partial charge >= 0.3 is 8.69 Å². The summed E-state index contributed by atoms with van der Waals surface area (Å²) in [5.74, 6) is 0. The van der Waals surface area contributed by atoms with Crippen LogP contribution in [0.2, 0.25) is 0 Å². The van der Waals surface area contributed by atoms with Gasteiger partial charge in [-0.05, 0) is 6.42 Å². The van der Waals surface area contributed by atoms with Crippen molar-refractivity contribution in [2.75, 3.05) is 40.9 Å². The van der Waals surface area contributed by atoms with Gasteiger partial charge in [0.05, 0.1) is 33.9 Å². The fourth-order valence-electron chi connectivity index (χ4n) is 3.74. The first-order chi connectivity index (χ1) is 16.3. The van der Waals surface area contributed by atoms with E-state index < -0.39 is 12.2 Å². The summed E-state index contributed by atoms with van der Waals surface area (Å²) in [5, 5.41) is 27.5. The van der Waals surface area contributed by atoms with Crippen LogP contribution in [0.25, 0.3) is 0 Å². The topological polar surface area (TPSA) is 87.0 Å². The third-order valence-electron chi connectivity index (χ3n) is 6.14. The predicted molar refractivity (Wildman–Crippen MR) is 144 cm³/mol. The number of rotatable bonds is 24. The van der Waals surface area contributed by atoms with Gasteiger partial charge in [-0.3, -0.25) is 4.52 Å². The van der Waals surface area contributed by atoms with E-state index in [1.54, 1.807) is 0 Å². The molecule has 34 heavy (non-hydrogen) atoms. The molecule has 3 N–H and O–H groups in total. The normalized spacial score (nSPS) is 13.5. The molecule has 0 saturated carbocycles. The van der Waals surface area contributed by atoms with E-state index in [-0.39, 0.29) is 15.3 Å². The highest BCUT2D eigenvalue weighted by molar-refractivity contribution is 7.17. The largest absolute Gasteiger partial charge is 0.394 e. The van der Waals surface area contributed by atoms with Gasteiger partial charge in [0, 0.05) is 0 Å². The molecule has 2 atom stereocenters. The Morgan fingerprint density at radius 2 is 1.06 bits per heavy atom. The molecule has 0 bridgehead atoms. The highest BCUT2D eigenvalue weighted by Crippen LogP contribution is 2.15. The Morgan fingerprint density at radius 3 is 1.38 bits per heavy atom. The van der Waals surface area contributed by atoms with Gasteiger partial charge in [-0.2, -0.15) is 0 Å². The van der Waals surface area contributed by atoms with E-state index in [2.05, 4.69) is 32.6 Å². The third-order valence-corrected chi connectivity index (χ3v) is 6.43. The Hall–Kier alpha value is -0.100. The van der Waals surface area contributed by atoms with Gasteiger partial charge in [0.25, 0.3) is 0 Å². The number of hydrogen-bond donors (Lipinski definition) is 3. The molecular weight excluding hydrogens is 449 g/mol. The van der Waals surface area contributed by atoms with E-state index in [0.717, 1.165) is 23.9 Å². The van der Waals surface area contributed by atoms with Crippen LogP contribution in [-0.4, -0.2) is 72.9 Å². The number of aliphatic hydroxyl groups is 3. The van der Waals surface area contributed by atoms with Gasteiger partial charge < -0.3 is 19.8 Å².